The summed E-state index contributed by atoms with van der Waals surface area (Å²) in [7, 11) is 0. The zero-order valence-electron chi connectivity index (χ0n) is 18.3. The summed E-state index contributed by atoms with van der Waals surface area (Å²) in [4.78, 5) is 12.8. The van der Waals surface area contributed by atoms with Crippen LogP contribution in [0.5, 0.6) is 5.75 Å². The molecule has 2 aromatic carbocycles. The van der Waals surface area contributed by atoms with Crippen LogP contribution < -0.4 is 4.74 Å². The number of unbranched alkanes of at least 4 members (excludes halogenated alkanes) is 2. The van der Waals surface area contributed by atoms with Crippen molar-refractivity contribution in [2.45, 2.75) is 50.1 Å². The third-order valence-corrected chi connectivity index (χ3v) is 4.96. The van der Waals surface area contributed by atoms with Crippen molar-refractivity contribution in [3.05, 3.63) is 71.8 Å². The van der Waals surface area contributed by atoms with Crippen LogP contribution in [0.1, 0.15) is 42.1 Å². The fraction of sp³-hybridized carbons (Fsp3) is 0.375. The molecular formula is C24H21F9O2. The van der Waals surface area contributed by atoms with E-state index in [1.54, 1.807) is 0 Å². The highest BCUT2D eigenvalue weighted by Gasteiger charge is 2.81. The monoisotopic (exact) mass is 512 g/mol. The lowest BCUT2D eigenvalue weighted by molar-refractivity contribution is -0.388. The van der Waals surface area contributed by atoms with Gasteiger partial charge in [-0.1, -0.05) is 62.2 Å². The minimum absolute atomic E-state index is 0.247. The maximum atomic E-state index is 14.4. The van der Waals surface area contributed by atoms with E-state index in [9.17, 15) is 44.3 Å². The lowest BCUT2D eigenvalue weighted by Gasteiger charge is -2.32. The number of carbonyl (C=O) groups is 1. The van der Waals surface area contributed by atoms with Gasteiger partial charge in [-0.3, -0.25) is 4.79 Å². The Morgan fingerprint density at radius 3 is 1.86 bits per heavy atom. The standard InChI is InChI=1S/C24H21F9O2/c1-2-3-7-14-35-18-12-10-16(11-13-18)19(20(34)17-8-5-4-6-9-17)15-21(25,26)22(27,28)23(29,30)24(31,32)33/h4-6,8-13,15H,2-3,7,14H2,1H3/b19-15+. The second-order valence-electron chi connectivity index (χ2n) is 7.60. The van der Waals surface area contributed by atoms with E-state index in [4.69, 9.17) is 4.74 Å². The molecule has 0 heterocycles. The van der Waals surface area contributed by atoms with Gasteiger partial charge in [-0.25, -0.2) is 0 Å². The number of benzene rings is 2. The Bertz CT molecular complexity index is 1010. The van der Waals surface area contributed by atoms with Gasteiger partial charge in [-0.15, -0.1) is 0 Å². The summed E-state index contributed by atoms with van der Waals surface area (Å²) >= 11 is 0. The Kier molecular flexibility index (Phi) is 8.67. The molecule has 2 rings (SSSR count). The fourth-order valence-electron chi connectivity index (χ4n) is 2.96. The molecule has 0 saturated heterocycles. The molecule has 0 aliphatic heterocycles. The highest BCUT2D eigenvalue weighted by molar-refractivity contribution is 6.29. The Balaban J connectivity index is 2.53. The van der Waals surface area contributed by atoms with E-state index in [1.807, 2.05) is 6.92 Å². The minimum Gasteiger partial charge on any atom is -0.494 e. The van der Waals surface area contributed by atoms with Crippen LogP contribution in [-0.2, 0) is 0 Å². The number of hydrogen-bond acceptors (Lipinski definition) is 2. The Labute approximate surface area is 195 Å². The summed E-state index contributed by atoms with van der Waals surface area (Å²) in [5, 5.41) is 0. The first-order valence-electron chi connectivity index (χ1n) is 10.4. The first kappa shape index (κ1) is 28.3. The number of alkyl halides is 9. The lowest BCUT2D eigenvalue weighted by atomic mass is 9.92. The zero-order valence-corrected chi connectivity index (χ0v) is 18.3. The topological polar surface area (TPSA) is 26.3 Å². The van der Waals surface area contributed by atoms with E-state index < -0.39 is 46.9 Å². The largest absolute Gasteiger partial charge is 0.494 e. The number of allylic oxidation sites excluding steroid dienone is 2. The molecule has 0 atom stereocenters. The predicted octanol–water partition coefficient (Wildman–Crippen LogP) is 7.99. The Hall–Kier alpha value is -2.98. The summed E-state index contributed by atoms with van der Waals surface area (Å²) in [6.45, 7) is 2.28. The van der Waals surface area contributed by atoms with Gasteiger partial charge < -0.3 is 4.74 Å². The van der Waals surface area contributed by atoms with Gasteiger partial charge >= 0.3 is 23.9 Å². The maximum Gasteiger partial charge on any atom is 0.460 e. The summed E-state index contributed by atoms with van der Waals surface area (Å²) in [5.74, 6) is -21.0. The van der Waals surface area contributed by atoms with Crippen molar-refractivity contribution in [1.82, 2.24) is 0 Å². The van der Waals surface area contributed by atoms with Crippen molar-refractivity contribution < 1.29 is 49.0 Å². The number of hydrogen-bond donors (Lipinski definition) is 0. The molecule has 2 aromatic rings. The smallest absolute Gasteiger partial charge is 0.460 e. The normalized spacial score (nSPS) is 13.6. The van der Waals surface area contributed by atoms with Crippen LogP contribution >= 0.6 is 0 Å². The summed E-state index contributed by atoms with van der Waals surface area (Å²) in [6, 6.07) is 10.9. The first-order valence-corrected chi connectivity index (χ1v) is 10.4. The predicted molar refractivity (Wildman–Crippen MR) is 111 cm³/mol. The second-order valence-corrected chi connectivity index (χ2v) is 7.60. The Morgan fingerprint density at radius 1 is 0.771 bits per heavy atom. The van der Waals surface area contributed by atoms with Gasteiger partial charge in [0.05, 0.1) is 6.61 Å². The molecule has 0 radical (unpaired) electrons. The summed E-state index contributed by atoms with van der Waals surface area (Å²) in [5.41, 5.74) is -1.87. The molecule has 11 heteroatoms. The van der Waals surface area contributed by atoms with Crippen LogP contribution in [0.3, 0.4) is 0 Å². The van der Waals surface area contributed by atoms with E-state index in [2.05, 4.69) is 0 Å². The fourth-order valence-corrected chi connectivity index (χ4v) is 2.96. The van der Waals surface area contributed by atoms with Gasteiger partial charge in [-0.05, 0) is 24.1 Å². The highest BCUT2D eigenvalue weighted by Crippen LogP contribution is 2.54. The Morgan fingerprint density at radius 2 is 1.34 bits per heavy atom. The molecule has 0 spiro atoms. The third kappa shape index (κ3) is 6.18. The second kappa shape index (κ2) is 10.7. The molecular weight excluding hydrogens is 491 g/mol. The first-order chi connectivity index (χ1) is 16.2. The third-order valence-electron chi connectivity index (χ3n) is 4.96. The quantitative estimate of drug-likeness (QED) is 0.132. The van der Waals surface area contributed by atoms with Crippen LogP contribution in [0.25, 0.3) is 5.57 Å². The maximum absolute atomic E-state index is 14.4. The molecule has 0 aliphatic carbocycles. The van der Waals surface area contributed by atoms with Crippen LogP contribution in [0.2, 0.25) is 0 Å². The number of carbonyl (C=O) groups excluding carboxylic acids is 1. The zero-order chi connectivity index (χ0) is 26.5. The van der Waals surface area contributed by atoms with Gasteiger partial charge in [0.25, 0.3) is 0 Å². The van der Waals surface area contributed by atoms with Gasteiger partial charge in [0.1, 0.15) is 5.75 Å². The highest BCUT2D eigenvalue weighted by atomic mass is 19.4. The van der Waals surface area contributed by atoms with Crippen molar-refractivity contribution in [3.63, 3.8) is 0 Å². The average molecular weight is 512 g/mol. The molecule has 0 amide bonds. The van der Waals surface area contributed by atoms with E-state index in [1.165, 1.54) is 30.3 Å². The SMILES string of the molecule is CCCCCOc1ccc(/C(=C\C(F)(F)C(F)(F)C(F)(F)C(F)(F)F)C(=O)c2ccccc2)cc1. The van der Waals surface area contributed by atoms with Crippen molar-refractivity contribution in [1.29, 1.82) is 0 Å². The number of Topliss-reactive ketones (excluding diaryl/α,β-unsaturated/α-hetero) is 1. The molecule has 0 fully saturated rings. The molecule has 0 aliphatic rings. The van der Waals surface area contributed by atoms with E-state index >= 15 is 0 Å². The summed E-state index contributed by atoms with van der Waals surface area (Å²) in [6.07, 6.45) is -5.30. The van der Waals surface area contributed by atoms with Crippen LogP contribution in [-0.4, -0.2) is 36.3 Å². The lowest BCUT2D eigenvalue weighted by Crippen LogP contribution is -2.60. The van der Waals surface area contributed by atoms with Gasteiger partial charge in [0.15, 0.2) is 5.78 Å². The van der Waals surface area contributed by atoms with Crippen molar-refractivity contribution >= 4 is 11.4 Å². The molecule has 0 aromatic heterocycles. The minimum atomic E-state index is -7.07. The van der Waals surface area contributed by atoms with Crippen LogP contribution in [0.15, 0.2) is 60.7 Å². The molecule has 0 bridgehead atoms. The van der Waals surface area contributed by atoms with E-state index in [0.717, 1.165) is 37.1 Å². The van der Waals surface area contributed by atoms with Gasteiger partial charge in [0, 0.05) is 17.2 Å². The molecule has 0 saturated carbocycles. The number of ether oxygens (including phenoxy) is 1. The molecule has 2 nitrogen and oxygen atoms in total. The van der Waals surface area contributed by atoms with Crippen molar-refractivity contribution in [2.24, 2.45) is 0 Å². The number of ketones is 1. The van der Waals surface area contributed by atoms with Crippen LogP contribution in [0.4, 0.5) is 39.5 Å². The molecule has 35 heavy (non-hydrogen) atoms. The molecule has 0 unspecified atom stereocenters. The van der Waals surface area contributed by atoms with Crippen molar-refractivity contribution in [3.8, 4) is 5.75 Å². The van der Waals surface area contributed by atoms with Gasteiger partial charge in [0.2, 0.25) is 0 Å². The summed E-state index contributed by atoms with van der Waals surface area (Å²) < 4.78 is 126. The van der Waals surface area contributed by atoms with E-state index in [0.29, 0.717) is 13.0 Å². The van der Waals surface area contributed by atoms with Crippen molar-refractivity contribution in [2.75, 3.05) is 6.61 Å². The molecule has 0 N–H and O–H groups in total. The molecule has 192 valence electrons. The van der Waals surface area contributed by atoms with Crippen LogP contribution in [0, 0.1) is 0 Å². The number of rotatable bonds is 11. The average Bonchev–Trinajstić information content (AvgIpc) is 2.80. The van der Waals surface area contributed by atoms with Gasteiger partial charge in [-0.2, -0.15) is 39.5 Å². The van der Waals surface area contributed by atoms with E-state index in [-0.39, 0.29) is 11.3 Å². The number of halogens is 9.